The Bertz CT molecular complexity index is 651. The largest absolute Gasteiger partial charge is 0.416 e. The smallest absolute Gasteiger partial charge is 0.378 e. The highest BCUT2D eigenvalue weighted by Crippen LogP contribution is 2.40. The van der Waals surface area contributed by atoms with Crippen molar-refractivity contribution in [2.24, 2.45) is 0 Å². The SMILES string of the molecule is FC(F)(F)c1cccc(NC2CCCc3sc(Br)cc32)c1. The molecule has 3 rings (SSSR count). The van der Waals surface area contributed by atoms with Gasteiger partial charge in [-0.25, -0.2) is 0 Å². The third-order valence-corrected chi connectivity index (χ3v) is 5.33. The maximum Gasteiger partial charge on any atom is 0.416 e. The second kappa shape index (κ2) is 5.65. The molecule has 1 aliphatic carbocycles. The minimum Gasteiger partial charge on any atom is -0.378 e. The van der Waals surface area contributed by atoms with Gasteiger partial charge in [0.2, 0.25) is 0 Å². The van der Waals surface area contributed by atoms with Gasteiger partial charge in [0.05, 0.1) is 15.4 Å². The van der Waals surface area contributed by atoms with Gasteiger partial charge in [-0.05, 0) is 65.0 Å². The highest BCUT2D eigenvalue weighted by molar-refractivity contribution is 9.11. The molecule has 1 nitrogen and oxygen atoms in total. The first kappa shape index (κ1) is 14.9. The van der Waals surface area contributed by atoms with Gasteiger partial charge in [-0.3, -0.25) is 0 Å². The lowest BCUT2D eigenvalue weighted by Crippen LogP contribution is -2.16. The normalized spacial score (nSPS) is 18.4. The number of hydrogen-bond acceptors (Lipinski definition) is 2. The zero-order valence-electron chi connectivity index (χ0n) is 11.0. The molecule has 0 saturated carbocycles. The van der Waals surface area contributed by atoms with E-state index in [0.717, 1.165) is 29.1 Å². The van der Waals surface area contributed by atoms with E-state index in [-0.39, 0.29) is 6.04 Å². The Kier molecular flexibility index (Phi) is 4.01. The third-order valence-electron chi connectivity index (χ3n) is 3.61. The van der Waals surface area contributed by atoms with Crippen LogP contribution in [0.5, 0.6) is 0 Å². The molecule has 0 spiro atoms. The van der Waals surface area contributed by atoms with Crippen molar-refractivity contribution in [3.05, 3.63) is 50.1 Å². The van der Waals surface area contributed by atoms with Crippen LogP contribution in [-0.4, -0.2) is 0 Å². The van der Waals surface area contributed by atoms with Crippen LogP contribution in [0.4, 0.5) is 18.9 Å². The second-order valence-electron chi connectivity index (χ2n) is 5.10. The minimum absolute atomic E-state index is 0.0831. The number of anilines is 1. The topological polar surface area (TPSA) is 12.0 Å². The first-order chi connectivity index (χ1) is 9.93. The number of benzene rings is 1. The zero-order chi connectivity index (χ0) is 15.0. The fourth-order valence-corrected chi connectivity index (χ4v) is 4.48. The van der Waals surface area contributed by atoms with Crippen molar-refractivity contribution in [1.82, 2.24) is 0 Å². The van der Waals surface area contributed by atoms with Crippen molar-refractivity contribution in [3.63, 3.8) is 0 Å². The summed E-state index contributed by atoms with van der Waals surface area (Å²) < 4.78 is 39.3. The molecule has 1 N–H and O–H groups in total. The Labute approximate surface area is 133 Å². The molecule has 0 amide bonds. The standard InChI is InChI=1S/C15H13BrF3NS/c16-14-8-11-12(5-2-6-13(11)21-14)20-10-4-1-3-9(7-10)15(17,18)19/h1,3-4,7-8,12,20H,2,5-6H2. The number of hydrogen-bond donors (Lipinski definition) is 1. The molecule has 21 heavy (non-hydrogen) atoms. The maximum atomic E-state index is 12.8. The van der Waals surface area contributed by atoms with Crippen LogP contribution < -0.4 is 5.32 Å². The number of aryl methyl sites for hydroxylation is 1. The van der Waals surface area contributed by atoms with Gasteiger partial charge in [0.25, 0.3) is 0 Å². The van der Waals surface area contributed by atoms with Gasteiger partial charge in [0.1, 0.15) is 0 Å². The second-order valence-corrected chi connectivity index (χ2v) is 7.61. The van der Waals surface area contributed by atoms with Crippen LogP contribution >= 0.6 is 27.3 Å². The Morgan fingerprint density at radius 1 is 1.24 bits per heavy atom. The average molecular weight is 376 g/mol. The summed E-state index contributed by atoms with van der Waals surface area (Å²) in [4.78, 5) is 1.32. The predicted octanol–water partition coefficient (Wildman–Crippen LogP) is 6.02. The van der Waals surface area contributed by atoms with Crippen molar-refractivity contribution in [1.29, 1.82) is 0 Å². The molecule has 1 aromatic carbocycles. The van der Waals surface area contributed by atoms with E-state index in [9.17, 15) is 13.2 Å². The molecule has 2 aromatic rings. The summed E-state index contributed by atoms with van der Waals surface area (Å²) in [5.74, 6) is 0. The molecule has 0 radical (unpaired) electrons. The van der Waals surface area contributed by atoms with Crippen LogP contribution in [0, 0.1) is 0 Å². The molecule has 1 aliphatic rings. The van der Waals surface area contributed by atoms with Gasteiger partial charge < -0.3 is 5.32 Å². The van der Waals surface area contributed by atoms with Gasteiger partial charge >= 0.3 is 6.18 Å². The molecule has 1 unspecified atom stereocenters. The van der Waals surface area contributed by atoms with Crippen LogP contribution in [0.1, 0.15) is 34.9 Å². The average Bonchev–Trinajstić information content (AvgIpc) is 2.80. The van der Waals surface area contributed by atoms with Crippen LogP contribution in [-0.2, 0) is 12.6 Å². The number of nitrogens with one attached hydrogen (secondary N) is 1. The van der Waals surface area contributed by atoms with E-state index < -0.39 is 11.7 Å². The van der Waals surface area contributed by atoms with Gasteiger partial charge in [-0.1, -0.05) is 6.07 Å². The monoisotopic (exact) mass is 375 g/mol. The Balaban J connectivity index is 1.85. The molecule has 1 atom stereocenters. The van der Waals surface area contributed by atoms with Crippen LogP contribution in [0.2, 0.25) is 0 Å². The number of halogens is 4. The van der Waals surface area contributed by atoms with Crippen molar-refractivity contribution in [2.45, 2.75) is 31.5 Å². The lowest BCUT2D eigenvalue weighted by atomic mass is 9.94. The first-order valence-corrected chi connectivity index (χ1v) is 8.26. The number of alkyl halides is 3. The van der Waals surface area contributed by atoms with Crippen LogP contribution in [0.3, 0.4) is 0 Å². The summed E-state index contributed by atoms with van der Waals surface area (Å²) in [6, 6.07) is 7.56. The summed E-state index contributed by atoms with van der Waals surface area (Å²) in [6.07, 6.45) is -1.27. The van der Waals surface area contributed by atoms with Crippen LogP contribution in [0.25, 0.3) is 0 Å². The molecular weight excluding hydrogens is 363 g/mol. The summed E-state index contributed by atoms with van der Waals surface area (Å²) in [5, 5.41) is 3.25. The van der Waals surface area contributed by atoms with E-state index in [1.54, 1.807) is 17.4 Å². The molecule has 0 saturated heterocycles. The van der Waals surface area contributed by atoms with Crippen molar-refractivity contribution in [3.8, 4) is 0 Å². The van der Waals surface area contributed by atoms with Crippen LogP contribution in [0.15, 0.2) is 34.1 Å². The molecule has 6 heteroatoms. The summed E-state index contributed by atoms with van der Waals surface area (Å²) in [5.41, 5.74) is 1.11. The number of fused-ring (bicyclic) bond motifs is 1. The molecule has 0 aliphatic heterocycles. The summed E-state index contributed by atoms with van der Waals surface area (Å²) in [7, 11) is 0. The molecule has 0 fully saturated rings. The molecular formula is C15H13BrF3NS. The lowest BCUT2D eigenvalue weighted by molar-refractivity contribution is -0.137. The fourth-order valence-electron chi connectivity index (χ4n) is 2.66. The predicted molar refractivity (Wildman–Crippen MR) is 82.8 cm³/mol. The van der Waals surface area contributed by atoms with E-state index in [0.29, 0.717) is 5.69 Å². The van der Waals surface area contributed by atoms with Gasteiger partial charge in [-0.2, -0.15) is 13.2 Å². The van der Waals surface area contributed by atoms with Gasteiger partial charge in [-0.15, -0.1) is 11.3 Å². The molecule has 1 heterocycles. The third kappa shape index (κ3) is 3.26. The molecule has 1 aromatic heterocycles. The van der Waals surface area contributed by atoms with E-state index in [2.05, 4.69) is 27.3 Å². The highest BCUT2D eigenvalue weighted by atomic mass is 79.9. The van der Waals surface area contributed by atoms with Gasteiger partial charge in [0, 0.05) is 10.6 Å². The van der Waals surface area contributed by atoms with E-state index in [1.807, 2.05) is 0 Å². The van der Waals surface area contributed by atoms with Crippen molar-refractivity contribution < 1.29 is 13.2 Å². The summed E-state index contributed by atoms with van der Waals surface area (Å²) >= 11 is 5.19. The van der Waals surface area contributed by atoms with E-state index >= 15 is 0 Å². The summed E-state index contributed by atoms with van der Waals surface area (Å²) in [6.45, 7) is 0. The van der Waals surface area contributed by atoms with E-state index in [1.165, 1.54) is 22.6 Å². The highest BCUT2D eigenvalue weighted by Gasteiger charge is 2.31. The Hall–Kier alpha value is -1.01. The number of rotatable bonds is 2. The first-order valence-electron chi connectivity index (χ1n) is 6.65. The van der Waals surface area contributed by atoms with E-state index in [4.69, 9.17) is 0 Å². The molecule has 112 valence electrons. The van der Waals surface area contributed by atoms with Crippen molar-refractivity contribution in [2.75, 3.05) is 5.32 Å². The zero-order valence-corrected chi connectivity index (χ0v) is 13.4. The fraction of sp³-hybridized carbons (Fsp3) is 0.333. The lowest BCUT2D eigenvalue weighted by Gasteiger charge is -2.25. The quantitative estimate of drug-likeness (QED) is 0.676. The minimum atomic E-state index is -4.30. The Morgan fingerprint density at radius 2 is 2.05 bits per heavy atom. The van der Waals surface area contributed by atoms with Gasteiger partial charge in [0.15, 0.2) is 0 Å². The Morgan fingerprint density at radius 3 is 2.81 bits per heavy atom. The van der Waals surface area contributed by atoms with Crippen molar-refractivity contribution >= 4 is 33.0 Å². The molecule has 0 bridgehead atoms. The number of thiophene rings is 1. The maximum absolute atomic E-state index is 12.8.